The molecule has 1 atom stereocenters. The standard InChI is InChI=1S/C16H24BrNO5S2/c1-11-10-12(17)6-7-13(11)25(21,22)18-14(15(20)23-4)16(2,3)24-9-5-8-19/h6-7,10,14,18-19H,5,8-9H2,1-4H3/t14-/m0/s1. The topological polar surface area (TPSA) is 92.7 Å². The highest BCUT2D eigenvalue weighted by Gasteiger charge is 2.40. The van der Waals surface area contributed by atoms with Crippen LogP contribution in [-0.4, -0.2) is 49.8 Å². The highest BCUT2D eigenvalue weighted by atomic mass is 79.9. The van der Waals surface area contributed by atoms with E-state index in [-0.39, 0.29) is 11.5 Å². The maximum Gasteiger partial charge on any atom is 0.325 e. The van der Waals surface area contributed by atoms with E-state index in [9.17, 15) is 13.2 Å². The van der Waals surface area contributed by atoms with Gasteiger partial charge >= 0.3 is 5.97 Å². The van der Waals surface area contributed by atoms with Crippen LogP contribution in [0.4, 0.5) is 0 Å². The number of aryl methyl sites for hydroxylation is 1. The van der Waals surface area contributed by atoms with E-state index < -0.39 is 26.8 Å². The van der Waals surface area contributed by atoms with Crippen LogP contribution < -0.4 is 4.72 Å². The van der Waals surface area contributed by atoms with Gasteiger partial charge in [-0.2, -0.15) is 16.5 Å². The third-order valence-electron chi connectivity index (χ3n) is 3.61. The number of methoxy groups -OCH3 is 1. The Hall–Kier alpha value is -0.610. The molecule has 0 bridgehead atoms. The molecule has 0 saturated heterocycles. The van der Waals surface area contributed by atoms with Crippen molar-refractivity contribution in [2.75, 3.05) is 19.5 Å². The Kier molecular flexibility index (Phi) is 8.40. The lowest BCUT2D eigenvalue weighted by Crippen LogP contribution is -2.53. The van der Waals surface area contributed by atoms with Crippen LogP contribution in [0, 0.1) is 6.92 Å². The molecule has 0 aliphatic rings. The summed E-state index contributed by atoms with van der Waals surface area (Å²) in [4.78, 5) is 12.3. The summed E-state index contributed by atoms with van der Waals surface area (Å²) >= 11 is 4.70. The van der Waals surface area contributed by atoms with Gasteiger partial charge in [0.25, 0.3) is 0 Å². The van der Waals surface area contributed by atoms with E-state index in [0.717, 1.165) is 4.47 Å². The van der Waals surface area contributed by atoms with Crippen molar-refractivity contribution in [1.29, 1.82) is 0 Å². The van der Waals surface area contributed by atoms with Crippen molar-refractivity contribution in [3.05, 3.63) is 28.2 Å². The number of nitrogens with one attached hydrogen (secondary N) is 1. The highest BCUT2D eigenvalue weighted by molar-refractivity contribution is 9.10. The second-order valence-corrected chi connectivity index (χ2v) is 10.4. The summed E-state index contributed by atoms with van der Waals surface area (Å²) in [6, 6.07) is 3.76. The van der Waals surface area contributed by atoms with Crippen LogP contribution in [-0.2, 0) is 19.6 Å². The number of sulfonamides is 1. The Morgan fingerprint density at radius 3 is 2.60 bits per heavy atom. The van der Waals surface area contributed by atoms with E-state index >= 15 is 0 Å². The Morgan fingerprint density at radius 2 is 2.08 bits per heavy atom. The van der Waals surface area contributed by atoms with E-state index in [1.165, 1.54) is 24.9 Å². The summed E-state index contributed by atoms with van der Waals surface area (Å²) in [7, 11) is -2.68. The number of thioether (sulfide) groups is 1. The van der Waals surface area contributed by atoms with Crippen molar-refractivity contribution in [3.8, 4) is 0 Å². The molecule has 0 aromatic heterocycles. The molecule has 25 heavy (non-hydrogen) atoms. The molecule has 0 aliphatic heterocycles. The van der Waals surface area contributed by atoms with Gasteiger partial charge in [-0.05, 0) is 56.7 Å². The van der Waals surface area contributed by atoms with Gasteiger partial charge in [-0.3, -0.25) is 4.79 Å². The fourth-order valence-electron chi connectivity index (χ4n) is 2.21. The zero-order valence-corrected chi connectivity index (χ0v) is 17.9. The number of aliphatic hydroxyl groups excluding tert-OH is 1. The second kappa shape index (κ2) is 9.36. The molecule has 2 N–H and O–H groups in total. The van der Waals surface area contributed by atoms with Crippen molar-refractivity contribution in [1.82, 2.24) is 4.72 Å². The normalized spacial score (nSPS) is 13.5. The highest BCUT2D eigenvalue weighted by Crippen LogP contribution is 2.31. The van der Waals surface area contributed by atoms with E-state index in [2.05, 4.69) is 20.7 Å². The molecule has 6 nitrogen and oxygen atoms in total. The van der Waals surface area contributed by atoms with Crippen LogP contribution in [0.25, 0.3) is 0 Å². The first-order valence-corrected chi connectivity index (χ1v) is 10.9. The zero-order valence-electron chi connectivity index (χ0n) is 14.7. The summed E-state index contributed by atoms with van der Waals surface area (Å²) < 4.78 is 32.9. The average Bonchev–Trinajstić information content (AvgIpc) is 2.51. The van der Waals surface area contributed by atoms with Gasteiger partial charge in [0.15, 0.2) is 0 Å². The van der Waals surface area contributed by atoms with Gasteiger partial charge < -0.3 is 9.84 Å². The first kappa shape index (κ1) is 22.4. The third-order valence-corrected chi connectivity index (χ3v) is 7.16. The smallest absolute Gasteiger partial charge is 0.325 e. The number of carbonyl (C=O) groups is 1. The minimum Gasteiger partial charge on any atom is -0.468 e. The van der Waals surface area contributed by atoms with Crippen LogP contribution in [0.5, 0.6) is 0 Å². The van der Waals surface area contributed by atoms with Gasteiger partial charge in [-0.25, -0.2) is 8.42 Å². The monoisotopic (exact) mass is 453 g/mol. The van der Waals surface area contributed by atoms with E-state index in [1.807, 2.05) is 0 Å². The molecular weight excluding hydrogens is 430 g/mol. The fourth-order valence-corrected chi connectivity index (χ4v) is 5.44. The number of halogens is 1. The summed E-state index contributed by atoms with van der Waals surface area (Å²) in [5, 5.41) is 8.92. The Balaban J connectivity index is 3.14. The summed E-state index contributed by atoms with van der Waals surface area (Å²) in [6.45, 7) is 5.27. The van der Waals surface area contributed by atoms with Crippen LogP contribution in [0.1, 0.15) is 25.8 Å². The van der Waals surface area contributed by atoms with E-state index in [4.69, 9.17) is 9.84 Å². The molecule has 0 unspecified atom stereocenters. The third kappa shape index (κ3) is 6.25. The first-order chi connectivity index (χ1) is 11.5. The summed E-state index contributed by atoms with van der Waals surface area (Å²) in [5.74, 6) is -0.0596. The number of rotatable bonds is 9. The number of benzene rings is 1. The maximum atomic E-state index is 12.8. The van der Waals surface area contributed by atoms with Crippen LogP contribution in [0.2, 0.25) is 0 Å². The maximum absolute atomic E-state index is 12.8. The second-order valence-electron chi connectivity index (χ2n) is 6.02. The Morgan fingerprint density at radius 1 is 1.44 bits per heavy atom. The number of hydrogen-bond donors (Lipinski definition) is 2. The number of esters is 1. The average molecular weight is 454 g/mol. The summed E-state index contributed by atoms with van der Waals surface area (Å²) in [6.07, 6.45) is 0.556. The molecule has 9 heteroatoms. The molecule has 1 aromatic rings. The van der Waals surface area contributed by atoms with Crippen LogP contribution >= 0.6 is 27.7 Å². The molecule has 0 amide bonds. The van der Waals surface area contributed by atoms with E-state index in [1.54, 1.807) is 32.9 Å². The SMILES string of the molecule is COC(=O)[C@H](NS(=O)(=O)c1ccc(Br)cc1C)C(C)(C)SCCCO. The molecule has 0 radical (unpaired) electrons. The predicted octanol–water partition coefficient (Wildman–Crippen LogP) is 2.47. The predicted molar refractivity (Wildman–Crippen MR) is 103 cm³/mol. The van der Waals surface area contributed by atoms with Gasteiger partial charge in [0, 0.05) is 15.8 Å². The van der Waals surface area contributed by atoms with Gasteiger partial charge in [0.2, 0.25) is 10.0 Å². The Labute approximate surface area is 161 Å². The Bertz CT molecular complexity index is 706. The zero-order chi connectivity index (χ0) is 19.3. The molecule has 0 saturated carbocycles. The molecule has 0 aliphatic carbocycles. The van der Waals surface area contributed by atoms with Crippen molar-refractivity contribution >= 4 is 43.7 Å². The molecule has 0 spiro atoms. The number of carbonyl (C=O) groups excluding carboxylic acids is 1. The summed E-state index contributed by atoms with van der Waals surface area (Å²) in [5.41, 5.74) is 0.566. The van der Waals surface area contributed by atoms with Crippen LogP contribution in [0.15, 0.2) is 27.6 Å². The first-order valence-electron chi connectivity index (χ1n) is 7.66. The molecule has 0 fully saturated rings. The molecule has 142 valence electrons. The number of aliphatic hydroxyl groups is 1. The van der Waals surface area contributed by atoms with Gasteiger partial charge in [0.05, 0.1) is 12.0 Å². The van der Waals surface area contributed by atoms with Crippen molar-refractivity contribution in [3.63, 3.8) is 0 Å². The molecular formula is C16H24BrNO5S2. The molecule has 1 aromatic carbocycles. The lowest BCUT2D eigenvalue weighted by atomic mass is 10.0. The number of hydrogen-bond acceptors (Lipinski definition) is 6. The van der Waals surface area contributed by atoms with Crippen molar-refractivity contribution in [2.24, 2.45) is 0 Å². The van der Waals surface area contributed by atoms with Gasteiger partial charge in [0.1, 0.15) is 6.04 Å². The number of ether oxygens (including phenoxy) is 1. The van der Waals surface area contributed by atoms with Gasteiger partial charge in [-0.1, -0.05) is 15.9 Å². The quantitative estimate of drug-likeness (QED) is 0.440. The minimum atomic E-state index is -3.91. The molecule has 0 heterocycles. The lowest BCUT2D eigenvalue weighted by molar-refractivity contribution is -0.143. The minimum absolute atomic E-state index is 0.0375. The van der Waals surface area contributed by atoms with Crippen LogP contribution in [0.3, 0.4) is 0 Å². The van der Waals surface area contributed by atoms with E-state index in [0.29, 0.717) is 17.7 Å². The largest absolute Gasteiger partial charge is 0.468 e. The van der Waals surface area contributed by atoms with Crippen molar-refractivity contribution < 1.29 is 23.1 Å². The fraction of sp³-hybridized carbons (Fsp3) is 0.562. The van der Waals surface area contributed by atoms with Crippen molar-refractivity contribution in [2.45, 2.75) is 42.9 Å². The lowest BCUT2D eigenvalue weighted by Gasteiger charge is -2.32. The molecule has 1 rings (SSSR count). The van der Waals surface area contributed by atoms with Gasteiger partial charge in [-0.15, -0.1) is 0 Å².